The van der Waals surface area contributed by atoms with Crippen molar-refractivity contribution in [3.63, 3.8) is 0 Å². The maximum Gasteiger partial charge on any atom is 0.414 e. The average Bonchev–Trinajstić information content (AvgIpc) is 3.32. The minimum absolute atomic E-state index is 0.155. The first-order valence-corrected chi connectivity index (χ1v) is 8.69. The van der Waals surface area contributed by atoms with Gasteiger partial charge in [-0.15, -0.1) is 0 Å². The number of nitrogens with zero attached hydrogens (tertiary/aromatic N) is 4. The standard InChI is InChI=1S/C19H15FN6O3/c1-11(27)21-7-14-8-26(19(28)29-14)13-4-2-12(15(20)6-13)3-5-16-17-18(24-9-22-16)25-10-23-17/h2,4,6,9-10,14H,7-8H2,1H3,(H,21,27)(H,22,23,24,25)/t14-/m0/s1. The van der Waals surface area contributed by atoms with Crippen LogP contribution < -0.4 is 10.2 Å². The van der Waals surface area contributed by atoms with Crippen LogP contribution in [0.25, 0.3) is 11.2 Å². The number of nitrogens with one attached hydrogen (secondary N) is 2. The molecule has 1 fully saturated rings. The van der Waals surface area contributed by atoms with Crippen molar-refractivity contribution in [3.05, 3.63) is 47.9 Å². The molecule has 1 aliphatic rings. The number of aromatic nitrogens is 4. The van der Waals surface area contributed by atoms with Gasteiger partial charge < -0.3 is 15.0 Å². The molecule has 0 radical (unpaired) electrons. The van der Waals surface area contributed by atoms with Crippen LogP contribution in [0.5, 0.6) is 0 Å². The fraction of sp³-hybridized carbons (Fsp3) is 0.211. The van der Waals surface area contributed by atoms with E-state index in [9.17, 15) is 14.0 Å². The van der Waals surface area contributed by atoms with Gasteiger partial charge in [0.15, 0.2) is 5.65 Å². The summed E-state index contributed by atoms with van der Waals surface area (Å²) in [5.41, 5.74) is 1.95. The van der Waals surface area contributed by atoms with Crippen molar-refractivity contribution in [1.82, 2.24) is 25.3 Å². The lowest BCUT2D eigenvalue weighted by atomic mass is 10.1. The maximum atomic E-state index is 14.5. The van der Waals surface area contributed by atoms with Gasteiger partial charge in [-0.25, -0.2) is 24.1 Å². The van der Waals surface area contributed by atoms with Crippen molar-refractivity contribution in [3.8, 4) is 11.8 Å². The highest BCUT2D eigenvalue weighted by atomic mass is 19.1. The lowest BCUT2D eigenvalue weighted by Gasteiger charge is -2.13. The molecule has 3 aromatic rings. The molecule has 29 heavy (non-hydrogen) atoms. The van der Waals surface area contributed by atoms with Gasteiger partial charge in [0.2, 0.25) is 5.91 Å². The highest BCUT2D eigenvalue weighted by Crippen LogP contribution is 2.23. The van der Waals surface area contributed by atoms with Crippen molar-refractivity contribution in [2.24, 2.45) is 0 Å². The molecule has 146 valence electrons. The van der Waals surface area contributed by atoms with E-state index in [1.54, 1.807) is 6.07 Å². The lowest BCUT2D eigenvalue weighted by molar-refractivity contribution is -0.119. The topological polar surface area (TPSA) is 113 Å². The number of aromatic amines is 1. The first-order chi connectivity index (χ1) is 14.0. The Labute approximate surface area is 164 Å². The minimum atomic E-state index is -0.596. The molecule has 0 aliphatic carbocycles. The molecule has 1 aliphatic heterocycles. The van der Waals surface area contributed by atoms with E-state index >= 15 is 0 Å². The number of benzene rings is 1. The van der Waals surface area contributed by atoms with Crippen LogP contribution in [0.15, 0.2) is 30.9 Å². The molecular formula is C19H15FN6O3. The second-order valence-electron chi connectivity index (χ2n) is 6.29. The Morgan fingerprint density at radius 1 is 1.38 bits per heavy atom. The van der Waals surface area contributed by atoms with E-state index in [1.807, 2.05) is 0 Å². The fourth-order valence-corrected chi connectivity index (χ4v) is 2.86. The Morgan fingerprint density at radius 2 is 2.24 bits per heavy atom. The Balaban J connectivity index is 1.53. The van der Waals surface area contributed by atoms with Crippen molar-refractivity contribution < 1.29 is 18.7 Å². The number of hydrogen-bond donors (Lipinski definition) is 2. The first-order valence-electron chi connectivity index (χ1n) is 8.69. The molecule has 1 saturated heterocycles. The van der Waals surface area contributed by atoms with E-state index in [4.69, 9.17) is 4.74 Å². The molecule has 0 bridgehead atoms. The molecule has 1 aromatic carbocycles. The van der Waals surface area contributed by atoms with E-state index in [0.717, 1.165) is 0 Å². The largest absolute Gasteiger partial charge is 0.442 e. The van der Waals surface area contributed by atoms with Crippen LogP contribution in [-0.2, 0) is 9.53 Å². The smallest absolute Gasteiger partial charge is 0.414 e. The lowest BCUT2D eigenvalue weighted by Crippen LogP contribution is -2.33. The monoisotopic (exact) mass is 394 g/mol. The molecule has 2 N–H and O–H groups in total. The quantitative estimate of drug-likeness (QED) is 0.649. The number of amides is 2. The summed E-state index contributed by atoms with van der Waals surface area (Å²) < 4.78 is 19.7. The molecule has 0 saturated carbocycles. The summed E-state index contributed by atoms with van der Waals surface area (Å²) in [6.45, 7) is 1.79. The third kappa shape index (κ3) is 3.84. The van der Waals surface area contributed by atoms with E-state index in [0.29, 0.717) is 22.5 Å². The number of carbonyl (C=O) groups excluding carboxylic acids is 2. The fourth-order valence-electron chi connectivity index (χ4n) is 2.86. The second kappa shape index (κ2) is 7.55. The summed E-state index contributed by atoms with van der Waals surface area (Å²) in [4.78, 5) is 39.3. The molecular weight excluding hydrogens is 379 g/mol. The number of ether oxygens (including phenoxy) is 1. The Bertz CT molecular complexity index is 1170. The Kier molecular flexibility index (Phi) is 4.78. The van der Waals surface area contributed by atoms with Gasteiger partial charge >= 0.3 is 6.09 Å². The van der Waals surface area contributed by atoms with E-state index in [2.05, 4.69) is 37.1 Å². The van der Waals surface area contributed by atoms with E-state index < -0.39 is 18.0 Å². The number of H-pyrrole nitrogens is 1. The number of halogens is 1. The Morgan fingerprint density at radius 3 is 3.03 bits per heavy atom. The summed E-state index contributed by atoms with van der Waals surface area (Å²) >= 11 is 0. The number of cyclic esters (lactones) is 1. The number of fused-ring (bicyclic) bond motifs is 1. The molecule has 2 aromatic heterocycles. The van der Waals surface area contributed by atoms with Crippen LogP contribution in [0.2, 0.25) is 0 Å². The SMILES string of the molecule is CC(=O)NC[C@H]1CN(c2ccc(C#Cc3ncnc4nc[nH]c34)c(F)c2)C(=O)O1. The van der Waals surface area contributed by atoms with Gasteiger partial charge in [-0.2, -0.15) is 0 Å². The van der Waals surface area contributed by atoms with Crippen LogP contribution in [0.3, 0.4) is 0 Å². The van der Waals surface area contributed by atoms with Gasteiger partial charge in [0, 0.05) is 6.92 Å². The maximum absolute atomic E-state index is 14.5. The summed E-state index contributed by atoms with van der Waals surface area (Å²) in [7, 11) is 0. The molecule has 2 amide bonds. The van der Waals surface area contributed by atoms with Gasteiger partial charge in [-0.3, -0.25) is 9.69 Å². The summed E-state index contributed by atoms with van der Waals surface area (Å²) in [5, 5.41) is 2.59. The summed E-state index contributed by atoms with van der Waals surface area (Å²) in [5.74, 6) is 4.74. The van der Waals surface area contributed by atoms with E-state index in [1.165, 1.54) is 36.6 Å². The van der Waals surface area contributed by atoms with Crippen LogP contribution >= 0.6 is 0 Å². The minimum Gasteiger partial charge on any atom is -0.442 e. The van der Waals surface area contributed by atoms with Crippen molar-refractivity contribution in [2.75, 3.05) is 18.0 Å². The number of rotatable bonds is 3. The van der Waals surface area contributed by atoms with Gasteiger partial charge in [0.25, 0.3) is 0 Å². The normalized spacial score (nSPS) is 15.7. The molecule has 10 heteroatoms. The summed E-state index contributed by atoms with van der Waals surface area (Å²) in [6, 6.07) is 4.29. The van der Waals surface area contributed by atoms with Gasteiger partial charge in [0.05, 0.1) is 30.7 Å². The number of imidazole rings is 1. The summed E-state index contributed by atoms with van der Waals surface area (Å²) in [6.07, 6.45) is 1.72. The molecule has 9 nitrogen and oxygen atoms in total. The molecule has 0 spiro atoms. The van der Waals surface area contributed by atoms with Gasteiger partial charge in [0.1, 0.15) is 29.5 Å². The first kappa shape index (κ1) is 18.4. The van der Waals surface area contributed by atoms with Crippen LogP contribution in [0.1, 0.15) is 18.2 Å². The molecule has 0 unspecified atom stereocenters. The van der Waals surface area contributed by atoms with Gasteiger partial charge in [-0.05, 0) is 24.1 Å². The van der Waals surface area contributed by atoms with Crippen LogP contribution in [0, 0.1) is 17.7 Å². The molecule has 3 heterocycles. The zero-order chi connectivity index (χ0) is 20.4. The van der Waals surface area contributed by atoms with Crippen molar-refractivity contribution in [2.45, 2.75) is 13.0 Å². The number of hydrogen-bond acceptors (Lipinski definition) is 6. The number of anilines is 1. The molecule has 4 rings (SSSR count). The van der Waals surface area contributed by atoms with Crippen molar-refractivity contribution >= 4 is 28.9 Å². The van der Waals surface area contributed by atoms with E-state index in [-0.39, 0.29) is 24.6 Å². The highest BCUT2D eigenvalue weighted by molar-refractivity contribution is 5.90. The zero-order valence-corrected chi connectivity index (χ0v) is 15.3. The predicted molar refractivity (Wildman–Crippen MR) is 100 cm³/mol. The third-order valence-corrected chi connectivity index (χ3v) is 4.26. The zero-order valence-electron chi connectivity index (χ0n) is 15.3. The average molecular weight is 394 g/mol. The number of carbonyl (C=O) groups is 2. The third-order valence-electron chi connectivity index (χ3n) is 4.26. The highest BCUT2D eigenvalue weighted by Gasteiger charge is 2.32. The van der Waals surface area contributed by atoms with Crippen LogP contribution in [0.4, 0.5) is 14.9 Å². The Hall–Kier alpha value is -4.00. The van der Waals surface area contributed by atoms with Crippen LogP contribution in [-0.4, -0.2) is 51.1 Å². The molecule has 1 atom stereocenters. The van der Waals surface area contributed by atoms with Crippen molar-refractivity contribution in [1.29, 1.82) is 0 Å². The second-order valence-corrected chi connectivity index (χ2v) is 6.29. The van der Waals surface area contributed by atoms with Gasteiger partial charge in [-0.1, -0.05) is 5.92 Å². The predicted octanol–water partition coefficient (Wildman–Crippen LogP) is 1.35.